The largest absolute Gasteiger partial charge is 0.496 e. The second-order valence-corrected chi connectivity index (χ2v) is 7.14. The maximum atomic E-state index is 12.4. The highest BCUT2D eigenvalue weighted by atomic mass is 127. The fourth-order valence-corrected chi connectivity index (χ4v) is 3.27. The van der Waals surface area contributed by atoms with Crippen molar-refractivity contribution in [2.75, 3.05) is 19.5 Å². The number of carbonyl (C=O) groups is 1. The molecule has 0 radical (unpaired) electrons. The number of rotatable bonds is 6. The summed E-state index contributed by atoms with van der Waals surface area (Å²) in [6, 6.07) is 10.1. The topological polar surface area (TPSA) is 83.7 Å². The van der Waals surface area contributed by atoms with Crippen LogP contribution >= 0.6 is 45.8 Å². The van der Waals surface area contributed by atoms with Crippen LogP contribution in [0.4, 0.5) is 11.4 Å². The first-order chi connectivity index (χ1) is 12.9. The molecule has 0 heterocycles. The molecule has 1 amide bonds. The summed E-state index contributed by atoms with van der Waals surface area (Å²) in [5.41, 5.74) is 0.884. The molecule has 0 bridgehead atoms. The lowest BCUT2D eigenvalue weighted by atomic mass is 10.1. The molecule has 0 aliphatic rings. The number of nitrogens with zero attached hydrogens (tertiary/aromatic N) is 2. The molecule has 1 unspecified atom stereocenters. The molecular formula is C18H14Cl2IN3O3. The molecule has 9 heteroatoms. The normalized spacial score (nSPS) is 11.7. The lowest BCUT2D eigenvalue weighted by Gasteiger charge is -2.11. The summed E-state index contributed by atoms with van der Waals surface area (Å²) in [5.74, 6) is -0.611. The van der Waals surface area contributed by atoms with Gasteiger partial charge in [-0.15, -0.1) is 0 Å². The summed E-state index contributed by atoms with van der Waals surface area (Å²) in [4.78, 5) is 16.6. The average Bonchev–Trinajstić information content (AvgIpc) is 2.64. The van der Waals surface area contributed by atoms with E-state index in [0.717, 1.165) is 9.32 Å². The van der Waals surface area contributed by atoms with Crippen molar-refractivity contribution in [1.29, 1.82) is 5.26 Å². The van der Waals surface area contributed by atoms with Crippen molar-refractivity contribution in [3.8, 4) is 17.6 Å². The SMILES string of the molecule is COc1cc(NC(=O)C(C#N)C=Nc2ccc(OC)c(I)c2)c(Cl)cc1Cl. The summed E-state index contributed by atoms with van der Waals surface area (Å²) in [7, 11) is 3.02. The number of carbonyl (C=O) groups excluding carboxylic acids is 1. The molecule has 0 aliphatic carbocycles. The highest BCUT2D eigenvalue weighted by Gasteiger charge is 2.18. The third-order valence-electron chi connectivity index (χ3n) is 3.43. The molecule has 140 valence electrons. The van der Waals surface area contributed by atoms with Gasteiger partial charge >= 0.3 is 0 Å². The van der Waals surface area contributed by atoms with E-state index < -0.39 is 11.8 Å². The van der Waals surface area contributed by atoms with Crippen LogP contribution in [0.5, 0.6) is 11.5 Å². The highest BCUT2D eigenvalue weighted by molar-refractivity contribution is 14.1. The van der Waals surface area contributed by atoms with E-state index in [-0.39, 0.29) is 10.7 Å². The molecule has 2 rings (SSSR count). The van der Waals surface area contributed by atoms with Crippen molar-refractivity contribution in [2.24, 2.45) is 10.9 Å². The van der Waals surface area contributed by atoms with Crippen molar-refractivity contribution in [1.82, 2.24) is 0 Å². The summed E-state index contributed by atoms with van der Waals surface area (Å²) in [6.07, 6.45) is 1.27. The lowest BCUT2D eigenvalue weighted by molar-refractivity contribution is -0.116. The van der Waals surface area contributed by atoms with E-state index in [1.54, 1.807) is 25.3 Å². The van der Waals surface area contributed by atoms with Gasteiger partial charge in [-0.05, 0) is 46.9 Å². The molecule has 0 saturated heterocycles. The predicted molar refractivity (Wildman–Crippen MR) is 115 cm³/mol. The molecule has 0 aromatic heterocycles. The maximum Gasteiger partial charge on any atom is 0.247 e. The second-order valence-electron chi connectivity index (χ2n) is 5.16. The van der Waals surface area contributed by atoms with Crippen molar-refractivity contribution >= 4 is 69.3 Å². The van der Waals surface area contributed by atoms with Crippen LogP contribution in [0.2, 0.25) is 10.0 Å². The molecule has 0 saturated carbocycles. The molecule has 6 nitrogen and oxygen atoms in total. The van der Waals surface area contributed by atoms with E-state index in [4.69, 9.17) is 32.7 Å². The van der Waals surface area contributed by atoms with E-state index in [9.17, 15) is 10.1 Å². The molecule has 2 aromatic rings. The van der Waals surface area contributed by atoms with Crippen LogP contribution in [0.1, 0.15) is 0 Å². The third kappa shape index (κ3) is 5.48. The molecular weight excluding hydrogens is 504 g/mol. The van der Waals surface area contributed by atoms with Crippen molar-refractivity contribution < 1.29 is 14.3 Å². The Balaban J connectivity index is 2.17. The monoisotopic (exact) mass is 517 g/mol. The Morgan fingerprint density at radius 2 is 1.93 bits per heavy atom. The van der Waals surface area contributed by atoms with Gasteiger partial charge in [-0.2, -0.15) is 5.26 Å². The number of hydrogen-bond acceptors (Lipinski definition) is 5. The van der Waals surface area contributed by atoms with E-state index in [0.29, 0.717) is 16.5 Å². The number of aliphatic imine (C=N–C) groups is 1. The second kappa shape index (κ2) is 9.78. The molecule has 0 spiro atoms. The van der Waals surface area contributed by atoms with Gasteiger partial charge in [0.15, 0.2) is 5.92 Å². The fourth-order valence-electron chi connectivity index (χ4n) is 2.05. The third-order valence-corrected chi connectivity index (χ3v) is 4.88. The number of amides is 1. The minimum Gasteiger partial charge on any atom is -0.496 e. The van der Waals surface area contributed by atoms with Gasteiger partial charge in [0.1, 0.15) is 11.5 Å². The van der Waals surface area contributed by atoms with Crippen LogP contribution in [0.15, 0.2) is 35.3 Å². The van der Waals surface area contributed by atoms with Crippen LogP contribution in [-0.4, -0.2) is 26.3 Å². The Labute approximate surface area is 180 Å². The van der Waals surface area contributed by atoms with Gasteiger partial charge in [0.05, 0.1) is 45.3 Å². The zero-order chi connectivity index (χ0) is 20.0. The number of nitriles is 1. The van der Waals surface area contributed by atoms with Crippen molar-refractivity contribution in [3.05, 3.63) is 43.9 Å². The van der Waals surface area contributed by atoms with Gasteiger partial charge < -0.3 is 14.8 Å². The summed E-state index contributed by atoms with van der Waals surface area (Å²) in [5, 5.41) is 12.4. The van der Waals surface area contributed by atoms with Crippen molar-refractivity contribution in [3.63, 3.8) is 0 Å². The smallest absolute Gasteiger partial charge is 0.247 e. The Kier molecular flexibility index (Phi) is 7.71. The average molecular weight is 518 g/mol. The number of hydrogen-bond donors (Lipinski definition) is 1. The lowest BCUT2D eigenvalue weighted by Crippen LogP contribution is -2.22. The van der Waals surface area contributed by atoms with Gasteiger partial charge in [0.2, 0.25) is 5.91 Å². The number of anilines is 1. The molecule has 1 atom stereocenters. The quantitative estimate of drug-likeness (QED) is 0.427. The van der Waals surface area contributed by atoms with E-state index >= 15 is 0 Å². The number of benzene rings is 2. The van der Waals surface area contributed by atoms with Crippen molar-refractivity contribution in [2.45, 2.75) is 0 Å². The first-order valence-corrected chi connectivity index (χ1v) is 9.34. The number of nitrogens with one attached hydrogen (secondary N) is 1. The van der Waals surface area contributed by atoms with Crippen LogP contribution < -0.4 is 14.8 Å². The van der Waals surface area contributed by atoms with Crippen LogP contribution in [0.3, 0.4) is 0 Å². The Morgan fingerprint density at radius 1 is 1.22 bits per heavy atom. The summed E-state index contributed by atoms with van der Waals surface area (Å²) in [6.45, 7) is 0. The minimum atomic E-state index is -1.11. The molecule has 1 N–H and O–H groups in total. The zero-order valence-electron chi connectivity index (χ0n) is 14.3. The Morgan fingerprint density at radius 3 is 2.52 bits per heavy atom. The maximum absolute atomic E-state index is 12.4. The molecule has 27 heavy (non-hydrogen) atoms. The van der Waals surface area contributed by atoms with Gasteiger partial charge in [0, 0.05) is 12.3 Å². The number of halogens is 3. The first-order valence-electron chi connectivity index (χ1n) is 7.50. The van der Waals surface area contributed by atoms with E-state index in [1.807, 2.05) is 6.07 Å². The van der Waals surface area contributed by atoms with Gasteiger partial charge in [-0.1, -0.05) is 23.2 Å². The Hall–Kier alpha value is -2.02. The molecule has 0 fully saturated rings. The number of ether oxygens (including phenoxy) is 2. The Bertz CT molecular complexity index is 929. The molecule has 0 aliphatic heterocycles. The zero-order valence-corrected chi connectivity index (χ0v) is 18.0. The van der Waals surface area contributed by atoms with Crippen LogP contribution in [-0.2, 0) is 4.79 Å². The van der Waals surface area contributed by atoms with Gasteiger partial charge in [-0.25, -0.2) is 0 Å². The highest BCUT2D eigenvalue weighted by Crippen LogP contribution is 2.34. The fraction of sp³-hybridized carbons (Fsp3) is 0.167. The standard InChI is InChI=1S/C18H14Cl2IN3O3/c1-26-16-4-3-11(5-14(16)21)23-9-10(8-22)18(25)24-15-7-17(27-2)13(20)6-12(15)19/h3-7,9-10H,1-2H3,(H,24,25). The minimum absolute atomic E-state index is 0.229. The predicted octanol–water partition coefficient (Wildman–Crippen LogP) is 5.10. The van der Waals surface area contributed by atoms with E-state index in [2.05, 4.69) is 32.9 Å². The van der Waals surface area contributed by atoms with Gasteiger partial charge in [-0.3, -0.25) is 9.79 Å². The summed E-state index contributed by atoms with van der Waals surface area (Å²) < 4.78 is 11.1. The van der Waals surface area contributed by atoms with E-state index in [1.165, 1.54) is 25.5 Å². The number of methoxy groups -OCH3 is 2. The first kappa shape index (κ1) is 21.3. The molecule has 2 aromatic carbocycles. The van der Waals surface area contributed by atoms with Gasteiger partial charge in [0.25, 0.3) is 0 Å². The van der Waals surface area contributed by atoms with Crippen LogP contribution in [0.25, 0.3) is 0 Å². The summed E-state index contributed by atoms with van der Waals surface area (Å²) >= 11 is 14.2. The van der Waals surface area contributed by atoms with Crippen LogP contribution in [0, 0.1) is 20.8 Å².